The number of benzene rings is 1. The fourth-order valence-electron chi connectivity index (χ4n) is 6.14. The number of methoxy groups -OCH3 is 1. The number of ether oxygens (including phenoxy) is 3. The van der Waals surface area contributed by atoms with Gasteiger partial charge in [-0.25, -0.2) is 0 Å². The number of epoxide rings is 1. The van der Waals surface area contributed by atoms with E-state index in [1.165, 1.54) is 11.1 Å². The van der Waals surface area contributed by atoms with Crippen molar-refractivity contribution in [2.24, 2.45) is 5.92 Å². The van der Waals surface area contributed by atoms with Crippen LogP contribution in [0.25, 0.3) is 0 Å². The summed E-state index contributed by atoms with van der Waals surface area (Å²) in [7, 11) is 3.91. The molecule has 5 nitrogen and oxygen atoms in total. The number of rotatable bonds is 1. The Morgan fingerprint density at radius 2 is 2.22 bits per heavy atom. The number of piperidine rings is 1. The second kappa shape index (κ2) is 3.85. The van der Waals surface area contributed by atoms with E-state index in [1.54, 1.807) is 7.11 Å². The summed E-state index contributed by atoms with van der Waals surface area (Å²) in [5.41, 5.74) is 2.57. The minimum absolute atomic E-state index is 0.0472. The maximum Gasteiger partial charge on any atom is 0.165 e. The first kappa shape index (κ1) is 13.0. The Labute approximate surface area is 135 Å². The van der Waals surface area contributed by atoms with E-state index in [2.05, 4.69) is 18.0 Å². The van der Waals surface area contributed by atoms with Gasteiger partial charge in [-0.05, 0) is 38.1 Å². The third-order valence-electron chi connectivity index (χ3n) is 7.09. The van der Waals surface area contributed by atoms with Gasteiger partial charge in [0.05, 0.1) is 13.2 Å². The molecule has 1 spiro atoms. The molecule has 2 unspecified atom stereocenters. The quantitative estimate of drug-likeness (QED) is 0.774. The molecule has 6 rings (SSSR count). The molecule has 122 valence electrons. The Bertz CT molecular complexity index is 721. The fraction of sp³-hybridized carbons (Fsp3) is 0.667. The monoisotopic (exact) mass is 315 g/mol. The van der Waals surface area contributed by atoms with Crippen LogP contribution in [0, 0.1) is 5.92 Å². The summed E-state index contributed by atoms with van der Waals surface area (Å²) >= 11 is 0. The molecule has 23 heavy (non-hydrogen) atoms. The Hall–Kier alpha value is -1.30. The highest BCUT2D eigenvalue weighted by molar-refractivity contribution is 5.62. The van der Waals surface area contributed by atoms with E-state index in [9.17, 15) is 5.11 Å². The molecule has 2 bridgehead atoms. The Kier molecular flexibility index (Phi) is 2.18. The van der Waals surface area contributed by atoms with Crippen LogP contribution in [0.3, 0.4) is 0 Å². The first-order valence-corrected chi connectivity index (χ1v) is 8.57. The number of fused-ring (bicyclic) bond motifs is 1. The molecule has 3 fully saturated rings. The largest absolute Gasteiger partial charge is 0.493 e. The minimum atomic E-state index is -0.539. The van der Waals surface area contributed by atoms with Crippen molar-refractivity contribution < 1.29 is 19.3 Å². The number of aliphatic hydroxyl groups excluding tert-OH is 1. The second-order valence-electron chi connectivity index (χ2n) is 7.79. The van der Waals surface area contributed by atoms with Crippen molar-refractivity contribution in [2.45, 2.75) is 48.7 Å². The third-order valence-corrected chi connectivity index (χ3v) is 7.09. The summed E-state index contributed by atoms with van der Waals surface area (Å²) in [6.45, 7) is 1.04. The average Bonchev–Trinajstić information content (AvgIpc) is 3.27. The first-order valence-electron chi connectivity index (χ1n) is 8.57. The van der Waals surface area contributed by atoms with Crippen LogP contribution >= 0.6 is 0 Å². The van der Waals surface area contributed by atoms with E-state index in [0.29, 0.717) is 12.0 Å². The van der Waals surface area contributed by atoms with Gasteiger partial charge in [-0.3, -0.25) is 0 Å². The Morgan fingerprint density at radius 3 is 3.04 bits per heavy atom. The van der Waals surface area contributed by atoms with Crippen molar-refractivity contribution in [1.82, 2.24) is 4.90 Å². The van der Waals surface area contributed by atoms with E-state index < -0.39 is 6.10 Å². The molecule has 1 N–H and O–H groups in total. The Morgan fingerprint density at radius 1 is 1.35 bits per heavy atom. The van der Waals surface area contributed by atoms with Crippen molar-refractivity contribution in [2.75, 3.05) is 20.7 Å². The molecule has 0 amide bonds. The van der Waals surface area contributed by atoms with Gasteiger partial charge in [0.25, 0.3) is 0 Å². The van der Waals surface area contributed by atoms with E-state index in [4.69, 9.17) is 14.2 Å². The fourth-order valence-corrected chi connectivity index (χ4v) is 6.14. The minimum Gasteiger partial charge on any atom is -0.493 e. The Balaban J connectivity index is 1.66. The van der Waals surface area contributed by atoms with E-state index >= 15 is 0 Å². The van der Waals surface area contributed by atoms with Crippen LogP contribution in [-0.2, 0) is 16.6 Å². The SMILES string of the molecule is COc1ccc2c3c1O[C@H]1[C@@H](O)C4OC4[C@H]4[C@@H](C2)N(C)CC[C@]314. The summed E-state index contributed by atoms with van der Waals surface area (Å²) in [4.78, 5) is 2.48. The summed E-state index contributed by atoms with van der Waals surface area (Å²) in [5.74, 6) is 2.09. The highest BCUT2D eigenvalue weighted by atomic mass is 16.6. The second-order valence-corrected chi connectivity index (χ2v) is 7.79. The maximum atomic E-state index is 10.8. The van der Waals surface area contributed by atoms with Crippen molar-refractivity contribution in [1.29, 1.82) is 0 Å². The molecule has 0 radical (unpaired) electrons. The molecule has 3 aliphatic heterocycles. The number of aliphatic hydroxyl groups is 1. The maximum absolute atomic E-state index is 10.8. The normalized spacial score (nSPS) is 48.3. The van der Waals surface area contributed by atoms with Crippen LogP contribution in [0.1, 0.15) is 17.5 Å². The number of hydrogen-bond acceptors (Lipinski definition) is 5. The number of likely N-dealkylation sites (N-methyl/N-ethyl adjacent to an activating group) is 1. The molecular formula is C18H21NO4. The lowest BCUT2D eigenvalue weighted by Crippen LogP contribution is -2.68. The van der Waals surface area contributed by atoms with Crippen molar-refractivity contribution in [3.05, 3.63) is 23.3 Å². The molecule has 0 aromatic heterocycles. The van der Waals surface area contributed by atoms with Gasteiger partial charge in [0, 0.05) is 22.9 Å². The standard InChI is InChI=1S/C18H21NO4/c1-19-6-5-18-11-8-3-4-10(21-2)14(11)23-17(18)13(20)16-15(22-16)12(18)9(19)7-8/h3-4,9,12-13,15-17,20H,5-7H2,1-2H3/t9-,12-,13+,15?,16?,17+,18-/m1/s1. The molecule has 1 saturated carbocycles. The average molecular weight is 315 g/mol. The van der Waals surface area contributed by atoms with Crippen LogP contribution in [0.2, 0.25) is 0 Å². The summed E-state index contributed by atoms with van der Waals surface area (Å²) in [6.07, 6.45) is 1.46. The van der Waals surface area contributed by atoms with Crippen molar-refractivity contribution >= 4 is 0 Å². The number of likely N-dealkylation sites (tertiary alicyclic amines) is 1. The summed E-state index contributed by atoms with van der Waals surface area (Å²) in [5, 5.41) is 10.8. The van der Waals surface area contributed by atoms with E-state index in [-0.39, 0.29) is 23.7 Å². The molecule has 5 aliphatic rings. The van der Waals surface area contributed by atoms with Crippen LogP contribution < -0.4 is 9.47 Å². The third kappa shape index (κ3) is 1.26. The molecule has 7 atom stereocenters. The van der Waals surface area contributed by atoms with Gasteiger partial charge in [-0.2, -0.15) is 0 Å². The van der Waals surface area contributed by atoms with Crippen LogP contribution in [0.15, 0.2) is 12.1 Å². The molecular weight excluding hydrogens is 294 g/mol. The zero-order chi connectivity index (χ0) is 15.5. The van der Waals surface area contributed by atoms with E-state index in [1.807, 2.05) is 6.07 Å². The molecule has 5 heteroatoms. The van der Waals surface area contributed by atoms with Crippen molar-refractivity contribution in [3.8, 4) is 11.5 Å². The highest BCUT2D eigenvalue weighted by Gasteiger charge is 2.75. The topological polar surface area (TPSA) is 54.5 Å². The van der Waals surface area contributed by atoms with Crippen LogP contribution in [0.4, 0.5) is 0 Å². The van der Waals surface area contributed by atoms with Gasteiger partial charge in [0.1, 0.15) is 18.3 Å². The molecule has 2 aliphatic carbocycles. The number of hydrogen-bond donors (Lipinski definition) is 1. The molecule has 1 aromatic carbocycles. The lowest BCUT2D eigenvalue weighted by molar-refractivity contribution is -0.0837. The van der Waals surface area contributed by atoms with E-state index in [0.717, 1.165) is 30.9 Å². The summed E-state index contributed by atoms with van der Waals surface area (Å²) < 4.78 is 17.9. The molecule has 1 aromatic rings. The van der Waals surface area contributed by atoms with Gasteiger partial charge >= 0.3 is 0 Å². The highest BCUT2D eigenvalue weighted by Crippen LogP contribution is 2.66. The zero-order valence-corrected chi connectivity index (χ0v) is 13.4. The molecule has 3 heterocycles. The zero-order valence-electron chi connectivity index (χ0n) is 13.4. The number of nitrogens with zero attached hydrogens (tertiary/aromatic N) is 1. The van der Waals surface area contributed by atoms with Gasteiger partial charge in [-0.1, -0.05) is 6.07 Å². The lowest BCUT2D eigenvalue weighted by atomic mass is 9.51. The summed E-state index contributed by atoms with van der Waals surface area (Å²) in [6, 6.07) is 4.69. The van der Waals surface area contributed by atoms with Gasteiger partial charge in [-0.15, -0.1) is 0 Å². The van der Waals surface area contributed by atoms with Crippen LogP contribution in [-0.4, -0.2) is 61.2 Å². The first-order chi connectivity index (χ1) is 11.2. The van der Waals surface area contributed by atoms with Gasteiger partial charge in [0.2, 0.25) is 0 Å². The lowest BCUT2D eigenvalue weighted by Gasteiger charge is -2.57. The predicted molar refractivity (Wildman–Crippen MR) is 82.0 cm³/mol. The van der Waals surface area contributed by atoms with Gasteiger partial charge in [0.15, 0.2) is 11.5 Å². The van der Waals surface area contributed by atoms with Crippen LogP contribution in [0.5, 0.6) is 11.5 Å². The van der Waals surface area contributed by atoms with Crippen molar-refractivity contribution in [3.63, 3.8) is 0 Å². The van der Waals surface area contributed by atoms with Gasteiger partial charge < -0.3 is 24.2 Å². The molecule has 2 saturated heterocycles. The smallest absolute Gasteiger partial charge is 0.165 e. The predicted octanol–water partition coefficient (Wildman–Crippen LogP) is 0.712.